The highest BCUT2D eigenvalue weighted by Crippen LogP contribution is 2.06. The van der Waals surface area contributed by atoms with Gasteiger partial charge in [0.05, 0.1) is 0 Å². The summed E-state index contributed by atoms with van der Waals surface area (Å²) in [4.78, 5) is 22.5. The molecule has 2 N–H and O–H groups in total. The molecule has 2 amide bonds. The number of hydrogen-bond acceptors (Lipinski definition) is 2. The Morgan fingerprint density at radius 2 is 1.94 bits per heavy atom. The minimum atomic E-state index is -1.16. The molecule has 0 fully saturated rings. The zero-order valence-electron chi connectivity index (χ0n) is 9.31. The van der Waals surface area contributed by atoms with Crippen LogP contribution in [0.15, 0.2) is 24.3 Å². The van der Waals surface area contributed by atoms with E-state index in [1.165, 1.54) is 0 Å². The lowest BCUT2D eigenvalue weighted by Crippen LogP contribution is -2.45. The van der Waals surface area contributed by atoms with Crippen molar-refractivity contribution in [3.05, 3.63) is 33.4 Å². The van der Waals surface area contributed by atoms with E-state index in [-0.39, 0.29) is 6.54 Å². The zero-order valence-corrected chi connectivity index (χ0v) is 11.5. The first-order chi connectivity index (χ1) is 8.04. The monoisotopic (exact) mass is 348 g/mol. The van der Waals surface area contributed by atoms with Gasteiger partial charge in [0.2, 0.25) is 0 Å². The first-order valence-electron chi connectivity index (χ1n) is 5.11. The lowest BCUT2D eigenvalue weighted by Gasteiger charge is -2.19. The molecule has 1 aromatic carbocycles. The van der Waals surface area contributed by atoms with Crippen LogP contribution in [0.4, 0.5) is 4.79 Å². The van der Waals surface area contributed by atoms with Crippen LogP contribution in [0, 0.1) is 3.57 Å². The first-order valence-corrected chi connectivity index (χ1v) is 6.19. The van der Waals surface area contributed by atoms with E-state index >= 15 is 0 Å². The van der Waals surface area contributed by atoms with Crippen molar-refractivity contribution in [2.45, 2.75) is 13.3 Å². The Balaban J connectivity index is 2.70. The van der Waals surface area contributed by atoms with Crippen LogP contribution in [0.2, 0.25) is 0 Å². The highest BCUT2D eigenvalue weighted by Gasteiger charge is 2.14. The Labute approximate surface area is 113 Å². The molecule has 0 unspecified atom stereocenters. The molecule has 0 saturated carbocycles. The summed E-state index contributed by atoms with van der Waals surface area (Å²) in [6, 6.07) is 6.90. The molecule has 1 aromatic rings. The summed E-state index contributed by atoms with van der Waals surface area (Å²) < 4.78 is 1.02. The van der Waals surface area contributed by atoms with E-state index in [1.807, 2.05) is 6.92 Å². The maximum absolute atomic E-state index is 11.7. The Bertz CT molecular complexity index is 406. The van der Waals surface area contributed by atoms with Gasteiger partial charge < -0.3 is 5.11 Å². The third-order valence-corrected chi connectivity index (χ3v) is 2.74. The van der Waals surface area contributed by atoms with E-state index in [1.54, 1.807) is 24.3 Å². The third kappa shape index (κ3) is 4.22. The minimum Gasteiger partial charge on any atom is -0.464 e. The number of rotatable bonds is 3. The van der Waals surface area contributed by atoms with Gasteiger partial charge >= 0.3 is 6.09 Å². The molecule has 0 aliphatic carbocycles. The van der Waals surface area contributed by atoms with Gasteiger partial charge in [0.1, 0.15) is 0 Å². The number of benzene rings is 1. The quantitative estimate of drug-likeness (QED) is 0.651. The van der Waals surface area contributed by atoms with Crippen LogP contribution in [0.5, 0.6) is 0 Å². The van der Waals surface area contributed by atoms with Gasteiger partial charge in [0.15, 0.2) is 0 Å². The molecule has 0 saturated heterocycles. The molecular formula is C11H13IN2O3. The Morgan fingerprint density at radius 1 is 1.35 bits per heavy atom. The number of hydrogen-bond donors (Lipinski definition) is 2. The summed E-state index contributed by atoms with van der Waals surface area (Å²) in [6.45, 7) is 2.11. The summed E-state index contributed by atoms with van der Waals surface area (Å²) in [5.41, 5.74) is 2.78. The smallest absolute Gasteiger partial charge is 0.426 e. The standard InChI is InChI=1S/C11H13IN2O3/c1-2-7-14(11(16)17)13-10(15)8-3-5-9(12)6-4-8/h3-6H,2,7H2,1H3,(H,13,15)(H,16,17). The number of halogens is 1. The van der Waals surface area contributed by atoms with Crippen molar-refractivity contribution < 1.29 is 14.7 Å². The van der Waals surface area contributed by atoms with Crippen LogP contribution < -0.4 is 5.43 Å². The fourth-order valence-corrected chi connectivity index (χ4v) is 1.57. The molecule has 17 heavy (non-hydrogen) atoms. The fraction of sp³-hybridized carbons (Fsp3) is 0.273. The van der Waals surface area contributed by atoms with Crippen molar-refractivity contribution in [3.63, 3.8) is 0 Å². The lowest BCUT2D eigenvalue weighted by atomic mass is 10.2. The molecule has 1 rings (SSSR count). The highest BCUT2D eigenvalue weighted by atomic mass is 127. The maximum Gasteiger partial charge on any atom is 0.426 e. The highest BCUT2D eigenvalue weighted by molar-refractivity contribution is 14.1. The number of carbonyl (C=O) groups excluding carboxylic acids is 1. The van der Waals surface area contributed by atoms with Crippen molar-refractivity contribution in [1.29, 1.82) is 0 Å². The van der Waals surface area contributed by atoms with Crippen molar-refractivity contribution in [2.24, 2.45) is 0 Å². The molecule has 0 aliphatic heterocycles. The van der Waals surface area contributed by atoms with Crippen LogP contribution in [0.25, 0.3) is 0 Å². The SMILES string of the molecule is CCCN(NC(=O)c1ccc(I)cc1)C(=O)O. The van der Waals surface area contributed by atoms with Crippen molar-refractivity contribution >= 4 is 34.6 Å². The van der Waals surface area contributed by atoms with Crippen LogP contribution in [0.1, 0.15) is 23.7 Å². The van der Waals surface area contributed by atoms with Crippen molar-refractivity contribution in [2.75, 3.05) is 6.54 Å². The largest absolute Gasteiger partial charge is 0.464 e. The average molecular weight is 348 g/mol. The summed E-state index contributed by atoms with van der Waals surface area (Å²) in [5, 5.41) is 9.74. The second-order valence-electron chi connectivity index (χ2n) is 3.38. The van der Waals surface area contributed by atoms with E-state index in [4.69, 9.17) is 5.11 Å². The lowest BCUT2D eigenvalue weighted by molar-refractivity contribution is 0.0755. The fourth-order valence-electron chi connectivity index (χ4n) is 1.21. The molecule has 6 heteroatoms. The molecule has 0 heterocycles. The first kappa shape index (κ1) is 13.8. The minimum absolute atomic E-state index is 0.269. The van der Waals surface area contributed by atoms with Gasteiger partial charge in [-0.1, -0.05) is 6.92 Å². The Hall–Kier alpha value is -1.31. The summed E-state index contributed by atoms with van der Waals surface area (Å²) >= 11 is 2.13. The van der Waals surface area contributed by atoms with E-state index in [2.05, 4.69) is 28.0 Å². The molecule has 0 aliphatic rings. The molecule has 0 aromatic heterocycles. The normalized spacial score (nSPS) is 9.76. The predicted octanol–water partition coefficient (Wildman–Crippen LogP) is 2.33. The molecule has 92 valence electrons. The van der Waals surface area contributed by atoms with Gasteiger partial charge in [0.25, 0.3) is 5.91 Å². The van der Waals surface area contributed by atoms with E-state index in [9.17, 15) is 9.59 Å². The second-order valence-corrected chi connectivity index (χ2v) is 4.63. The number of carboxylic acid groups (broad SMARTS) is 1. The van der Waals surface area contributed by atoms with Gasteiger partial charge in [-0.3, -0.25) is 10.2 Å². The Kier molecular flexibility index (Phi) is 5.20. The molecule has 0 radical (unpaired) electrons. The number of hydrazine groups is 1. The zero-order chi connectivity index (χ0) is 12.8. The van der Waals surface area contributed by atoms with Gasteiger partial charge in [0, 0.05) is 15.7 Å². The van der Waals surface area contributed by atoms with Gasteiger partial charge in [-0.2, -0.15) is 0 Å². The van der Waals surface area contributed by atoms with Crippen LogP contribution in [-0.2, 0) is 0 Å². The predicted molar refractivity (Wildman–Crippen MR) is 71.6 cm³/mol. The number of carbonyl (C=O) groups is 2. The third-order valence-electron chi connectivity index (χ3n) is 2.02. The number of nitrogens with one attached hydrogen (secondary N) is 1. The number of amides is 2. The van der Waals surface area contributed by atoms with Crippen molar-refractivity contribution in [3.8, 4) is 0 Å². The molecule has 0 atom stereocenters. The van der Waals surface area contributed by atoms with Crippen LogP contribution in [-0.4, -0.2) is 28.7 Å². The van der Waals surface area contributed by atoms with Crippen molar-refractivity contribution in [1.82, 2.24) is 10.4 Å². The van der Waals surface area contributed by atoms with E-state index in [0.717, 1.165) is 8.58 Å². The molecule has 0 spiro atoms. The van der Waals surface area contributed by atoms with Gasteiger partial charge in [-0.05, 0) is 53.3 Å². The Morgan fingerprint density at radius 3 is 2.41 bits per heavy atom. The van der Waals surface area contributed by atoms with Crippen LogP contribution >= 0.6 is 22.6 Å². The van der Waals surface area contributed by atoms with E-state index in [0.29, 0.717) is 12.0 Å². The molecular weight excluding hydrogens is 335 g/mol. The summed E-state index contributed by atoms with van der Waals surface area (Å²) in [7, 11) is 0. The number of nitrogens with zero attached hydrogens (tertiary/aromatic N) is 1. The van der Waals surface area contributed by atoms with E-state index < -0.39 is 12.0 Å². The van der Waals surface area contributed by atoms with Gasteiger partial charge in [-0.15, -0.1) is 0 Å². The molecule has 0 bridgehead atoms. The van der Waals surface area contributed by atoms with Gasteiger partial charge in [-0.25, -0.2) is 9.80 Å². The molecule has 5 nitrogen and oxygen atoms in total. The maximum atomic E-state index is 11.7. The second kappa shape index (κ2) is 6.43. The summed E-state index contributed by atoms with van der Waals surface area (Å²) in [5.74, 6) is -0.419. The topological polar surface area (TPSA) is 69.6 Å². The van der Waals surface area contributed by atoms with Crippen LogP contribution in [0.3, 0.4) is 0 Å². The average Bonchev–Trinajstić information content (AvgIpc) is 2.29. The summed E-state index contributed by atoms with van der Waals surface area (Å²) in [6.07, 6.45) is -0.523.